The molecule has 2 rings (SSSR count). The highest BCUT2D eigenvalue weighted by Crippen LogP contribution is 2.12. The first-order chi connectivity index (χ1) is 9.16. The lowest BCUT2D eigenvalue weighted by molar-refractivity contribution is -0.120. The van der Waals surface area contributed by atoms with Crippen LogP contribution in [0.4, 0.5) is 8.78 Å². The fraction of sp³-hybridized carbons (Fsp3) is 0.231. The first-order valence-electron chi connectivity index (χ1n) is 5.84. The van der Waals surface area contributed by atoms with E-state index in [-0.39, 0.29) is 12.0 Å². The Hall–Kier alpha value is -2.24. The quantitative estimate of drug-likeness (QED) is 0.862. The number of carbonyl (C=O) groups is 1. The van der Waals surface area contributed by atoms with Crippen LogP contribution >= 0.6 is 0 Å². The number of halogens is 2. The maximum absolute atomic E-state index is 13.3. The highest BCUT2D eigenvalue weighted by molar-refractivity contribution is 5.78. The van der Waals surface area contributed by atoms with Crippen molar-refractivity contribution in [2.75, 3.05) is 6.54 Å². The first-order valence-corrected chi connectivity index (χ1v) is 5.84. The van der Waals surface area contributed by atoms with Gasteiger partial charge >= 0.3 is 0 Å². The molecular weight excluding hydrogens is 252 g/mol. The summed E-state index contributed by atoms with van der Waals surface area (Å²) in [7, 11) is 0. The van der Waals surface area contributed by atoms with Crippen molar-refractivity contribution in [3.63, 3.8) is 0 Å². The van der Waals surface area contributed by atoms with Gasteiger partial charge in [0.05, 0.1) is 6.42 Å². The molecule has 2 N–H and O–H groups in total. The van der Waals surface area contributed by atoms with Crippen LogP contribution in [0.5, 0.6) is 0 Å². The van der Waals surface area contributed by atoms with Gasteiger partial charge in [-0.1, -0.05) is 6.07 Å². The molecule has 0 saturated carbocycles. The Morgan fingerprint density at radius 2 is 2.05 bits per heavy atom. The van der Waals surface area contributed by atoms with Gasteiger partial charge in [-0.3, -0.25) is 4.79 Å². The van der Waals surface area contributed by atoms with E-state index < -0.39 is 17.5 Å². The number of nitrogens with zero attached hydrogens (tertiary/aromatic N) is 1. The molecule has 1 aromatic carbocycles. The van der Waals surface area contributed by atoms with E-state index in [0.29, 0.717) is 13.0 Å². The molecule has 19 heavy (non-hydrogen) atoms. The van der Waals surface area contributed by atoms with Crippen LogP contribution < -0.4 is 5.32 Å². The van der Waals surface area contributed by atoms with E-state index in [0.717, 1.165) is 18.0 Å². The average molecular weight is 265 g/mol. The monoisotopic (exact) mass is 265 g/mol. The molecule has 0 aliphatic rings. The predicted octanol–water partition coefficient (Wildman–Crippen LogP) is 1.59. The van der Waals surface area contributed by atoms with Crippen LogP contribution in [0.1, 0.15) is 11.4 Å². The molecule has 0 aliphatic heterocycles. The standard InChI is InChI=1S/C13H13F2N3O/c14-10-2-1-3-11(15)9(10)8-13(19)18-5-4-12-16-6-7-17-12/h1-3,6-7H,4-5,8H2,(H,16,17)(H,18,19). The molecule has 0 bridgehead atoms. The number of aromatic nitrogens is 2. The highest BCUT2D eigenvalue weighted by Gasteiger charge is 2.12. The minimum atomic E-state index is -0.707. The summed E-state index contributed by atoms with van der Waals surface area (Å²) in [5.74, 6) is -1.09. The maximum atomic E-state index is 13.3. The third-order valence-corrected chi connectivity index (χ3v) is 2.64. The van der Waals surface area contributed by atoms with Crippen molar-refractivity contribution in [2.45, 2.75) is 12.8 Å². The second-order valence-electron chi connectivity index (χ2n) is 4.01. The van der Waals surface area contributed by atoms with E-state index >= 15 is 0 Å². The highest BCUT2D eigenvalue weighted by atomic mass is 19.1. The van der Waals surface area contributed by atoms with Crippen LogP contribution in [-0.2, 0) is 17.6 Å². The Bertz CT molecular complexity index is 535. The average Bonchev–Trinajstić information content (AvgIpc) is 2.87. The van der Waals surface area contributed by atoms with Crippen molar-refractivity contribution in [3.05, 3.63) is 53.6 Å². The summed E-state index contributed by atoms with van der Waals surface area (Å²) in [6.45, 7) is 0.364. The van der Waals surface area contributed by atoms with Gasteiger partial charge in [-0.05, 0) is 12.1 Å². The number of amides is 1. The fourth-order valence-electron chi connectivity index (χ4n) is 1.68. The van der Waals surface area contributed by atoms with Crippen molar-refractivity contribution in [1.29, 1.82) is 0 Å². The van der Waals surface area contributed by atoms with Gasteiger partial charge < -0.3 is 10.3 Å². The van der Waals surface area contributed by atoms with Gasteiger partial charge in [-0.15, -0.1) is 0 Å². The lowest BCUT2D eigenvalue weighted by atomic mass is 10.1. The Kier molecular flexibility index (Phi) is 4.22. The number of H-pyrrole nitrogens is 1. The molecule has 0 unspecified atom stereocenters. The molecule has 0 fully saturated rings. The zero-order valence-electron chi connectivity index (χ0n) is 10.1. The lowest BCUT2D eigenvalue weighted by Gasteiger charge is -2.06. The number of benzene rings is 1. The molecule has 0 radical (unpaired) electrons. The van der Waals surface area contributed by atoms with Crippen LogP contribution in [0, 0.1) is 11.6 Å². The number of carbonyl (C=O) groups excluding carboxylic acids is 1. The number of aromatic amines is 1. The number of hydrogen-bond acceptors (Lipinski definition) is 2. The summed E-state index contributed by atoms with van der Waals surface area (Å²) in [5, 5.41) is 2.59. The first kappa shape index (κ1) is 13.2. The second-order valence-corrected chi connectivity index (χ2v) is 4.01. The summed E-state index contributed by atoms with van der Waals surface area (Å²) in [4.78, 5) is 18.5. The maximum Gasteiger partial charge on any atom is 0.224 e. The van der Waals surface area contributed by atoms with E-state index in [4.69, 9.17) is 0 Å². The molecular formula is C13H13F2N3O. The van der Waals surface area contributed by atoms with Gasteiger partial charge in [0, 0.05) is 30.9 Å². The van der Waals surface area contributed by atoms with Gasteiger partial charge in [-0.2, -0.15) is 0 Å². The SMILES string of the molecule is O=C(Cc1c(F)cccc1F)NCCc1ncc[nH]1. The molecule has 6 heteroatoms. The Morgan fingerprint density at radius 3 is 2.68 bits per heavy atom. The third-order valence-electron chi connectivity index (χ3n) is 2.64. The number of hydrogen-bond donors (Lipinski definition) is 2. The van der Waals surface area contributed by atoms with Crippen LogP contribution in [0.25, 0.3) is 0 Å². The zero-order valence-corrected chi connectivity index (χ0v) is 10.1. The fourth-order valence-corrected chi connectivity index (χ4v) is 1.68. The Morgan fingerprint density at radius 1 is 1.32 bits per heavy atom. The van der Waals surface area contributed by atoms with Crippen LogP contribution in [0.2, 0.25) is 0 Å². The second kappa shape index (κ2) is 6.08. The molecule has 1 aromatic heterocycles. The molecule has 0 atom stereocenters. The van der Waals surface area contributed by atoms with E-state index in [9.17, 15) is 13.6 Å². The minimum Gasteiger partial charge on any atom is -0.355 e. The van der Waals surface area contributed by atoms with Gasteiger partial charge in [0.1, 0.15) is 17.5 Å². The van der Waals surface area contributed by atoms with Crippen LogP contribution in [0.15, 0.2) is 30.6 Å². The normalized spacial score (nSPS) is 10.4. The molecule has 4 nitrogen and oxygen atoms in total. The van der Waals surface area contributed by atoms with E-state index in [1.165, 1.54) is 6.07 Å². The summed E-state index contributed by atoms with van der Waals surface area (Å²) in [6, 6.07) is 3.53. The molecule has 0 aliphatic carbocycles. The third kappa shape index (κ3) is 3.61. The van der Waals surface area contributed by atoms with Crippen LogP contribution in [-0.4, -0.2) is 22.4 Å². The van der Waals surface area contributed by atoms with Gasteiger partial charge in [-0.25, -0.2) is 13.8 Å². The summed E-state index contributed by atoms with van der Waals surface area (Å²) in [6.07, 6.45) is 3.53. The largest absolute Gasteiger partial charge is 0.355 e. The smallest absolute Gasteiger partial charge is 0.224 e. The molecule has 1 heterocycles. The summed E-state index contributed by atoms with van der Waals surface area (Å²) in [5.41, 5.74) is -0.210. The van der Waals surface area contributed by atoms with Gasteiger partial charge in [0.15, 0.2) is 0 Å². The molecule has 2 aromatic rings. The number of rotatable bonds is 5. The van der Waals surface area contributed by atoms with Crippen molar-refractivity contribution < 1.29 is 13.6 Å². The Labute approximate surface area is 108 Å². The van der Waals surface area contributed by atoms with Gasteiger partial charge in [0.2, 0.25) is 5.91 Å². The predicted molar refractivity (Wildman–Crippen MR) is 65.4 cm³/mol. The number of nitrogens with one attached hydrogen (secondary N) is 2. The minimum absolute atomic E-state index is 0.210. The van der Waals surface area contributed by atoms with E-state index in [2.05, 4.69) is 15.3 Å². The Balaban J connectivity index is 1.84. The lowest BCUT2D eigenvalue weighted by Crippen LogP contribution is -2.28. The van der Waals surface area contributed by atoms with Crippen molar-refractivity contribution in [3.8, 4) is 0 Å². The van der Waals surface area contributed by atoms with Crippen molar-refractivity contribution in [1.82, 2.24) is 15.3 Å². The molecule has 100 valence electrons. The van der Waals surface area contributed by atoms with Crippen LogP contribution in [0.3, 0.4) is 0 Å². The topological polar surface area (TPSA) is 57.8 Å². The van der Waals surface area contributed by atoms with Gasteiger partial charge in [0.25, 0.3) is 0 Å². The summed E-state index contributed by atoms with van der Waals surface area (Å²) < 4.78 is 26.6. The molecule has 0 spiro atoms. The molecule has 0 saturated heterocycles. The van der Waals surface area contributed by atoms with Crippen molar-refractivity contribution >= 4 is 5.91 Å². The van der Waals surface area contributed by atoms with E-state index in [1.54, 1.807) is 12.4 Å². The number of imidazole rings is 1. The molecule has 1 amide bonds. The zero-order chi connectivity index (χ0) is 13.7. The van der Waals surface area contributed by atoms with E-state index in [1.807, 2.05) is 0 Å². The van der Waals surface area contributed by atoms with Crippen molar-refractivity contribution in [2.24, 2.45) is 0 Å². The summed E-state index contributed by atoms with van der Waals surface area (Å²) >= 11 is 0.